The van der Waals surface area contributed by atoms with Crippen LogP contribution in [-0.4, -0.2) is 14.3 Å². The van der Waals surface area contributed by atoms with Gasteiger partial charge in [0.25, 0.3) is 0 Å². The molecule has 0 aliphatic heterocycles. The van der Waals surface area contributed by atoms with Crippen LogP contribution in [0.1, 0.15) is 47.5 Å². The van der Waals surface area contributed by atoms with Crippen LogP contribution in [0.2, 0.25) is 18.1 Å². The molecule has 0 aromatic carbocycles. The van der Waals surface area contributed by atoms with E-state index in [1.54, 1.807) is 0 Å². The maximum Gasteiger partial charge on any atom is 0.125 e. The fraction of sp³-hybridized carbons (Fsp3) is 1.00. The minimum absolute atomic E-state index is 0.670. The van der Waals surface area contributed by atoms with Gasteiger partial charge < -0.3 is 4.98 Å². The molecule has 0 rings (SSSR count). The van der Waals surface area contributed by atoms with E-state index in [1.807, 2.05) is 0 Å². The number of rotatable bonds is 7. The molecular formula is C11H27NSi. The minimum Gasteiger partial charge on any atom is -0.335 e. The van der Waals surface area contributed by atoms with E-state index in [1.165, 1.54) is 31.0 Å². The summed E-state index contributed by atoms with van der Waals surface area (Å²) >= 11 is 0. The van der Waals surface area contributed by atoms with Gasteiger partial charge in [0, 0.05) is 0 Å². The van der Waals surface area contributed by atoms with Gasteiger partial charge in [-0.1, -0.05) is 47.5 Å². The molecule has 1 nitrogen and oxygen atoms in total. The van der Waals surface area contributed by atoms with E-state index in [0.717, 1.165) is 0 Å². The van der Waals surface area contributed by atoms with Crippen molar-refractivity contribution in [1.29, 1.82) is 0 Å². The van der Waals surface area contributed by atoms with Crippen LogP contribution in [0.3, 0.4) is 0 Å². The first-order valence-corrected chi connectivity index (χ1v) is 8.50. The van der Waals surface area contributed by atoms with Crippen LogP contribution in [-0.2, 0) is 0 Å². The molecule has 0 saturated heterocycles. The summed E-state index contributed by atoms with van der Waals surface area (Å²) in [4.78, 5) is 3.87. The summed E-state index contributed by atoms with van der Waals surface area (Å²) in [7, 11) is -1.08. The molecule has 0 saturated carbocycles. The fourth-order valence-corrected chi connectivity index (χ4v) is 6.02. The zero-order chi connectivity index (χ0) is 10.3. The smallest absolute Gasteiger partial charge is 0.125 e. The molecule has 2 heteroatoms. The third-order valence-corrected chi connectivity index (χ3v) is 8.16. The maximum atomic E-state index is 3.87. The van der Waals surface area contributed by atoms with E-state index in [4.69, 9.17) is 0 Å². The predicted octanol–water partition coefficient (Wildman–Crippen LogP) is 3.77. The van der Waals surface area contributed by atoms with Gasteiger partial charge in [-0.05, 0) is 24.2 Å². The third kappa shape index (κ3) is 4.82. The van der Waals surface area contributed by atoms with Crippen molar-refractivity contribution in [3.8, 4) is 0 Å². The molecule has 1 N–H and O–H groups in total. The molecule has 80 valence electrons. The van der Waals surface area contributed by atoms with E-state index in [-0.39, 0.29) is 0 Å². The molecule has 0 radical (unpaired) electrons. The van der Waals surface area contributed by atoms with Gasteiger partial charge in [0.1, 0.15) is 8.24 Å². The van der Waals surface area contributed by atoms with Gasteiger partial charge in [0.15, 0.2) is 0 Å². The Morgan fingerprint density at radius 3 is 1.92 bits per heavy atom. The van der Waals surface area contributed by atoms with Crippen LogP contribution < -0.4 is 4.98 Å². The van der Waals surface area contributed by atoms with Crippen LogP contribution in [0.25, 0.3) is 0 Å². The van der Waals surface area contributed by atoms with E-state index in [0.29, 0.717) is 6.04 Å². The standard InChI is InChI=1S/C11H27NSi/c1-6-9-10-13(7-2,8-3)12-11(4)5/h11-12H,6-10H2,1-5H3. The second-order valence-electron chi connectivity index (χ2n) is 4.39. The summed E-state index contributed by atoms with van der Waals surface area (Å²) in [6.45, 7) is 11.6. The van der Waals surface area contributed by atoms with Crippen LogP contribution >= 0.6 is 0 Å². The summed E-state index contributed by atoms with van der Waals surface area (Å²) in [5, 5.41) is 0. The monoisotopic (exact) mass is 201 g/mol. The average molecular weight is 201 g/mol. The van der Waals surface area contributed by atoms with E-state index in [2.05, 4.69) is 39.6 Å². The maximum absolute atomic E-state index is 3.87. The van der Waals surface area contributed by atoms with Gasteiger partial charge in [0.2, 0.25) is 0 Å². The number of nitrogens with one attached hydrogen (secondary N) is 1. The Balaban J connectivity index is 4.13. The Kier molecular flexibility index (Phi) is 6.69. The van der Waals surface area contributed by atoms with Crippen molar-refractivity contribution < 1.29 is 0 Å². The predicted molar refractivity (Wildman–Crippen MR) is 64.7 cm³/mol. The Bertz CT molecular complexity index is 119. The molecule has 0 aromatic heterocycles. The lowest BCUT2D eigenvalue weighted by atomic mass is 10.4. The molecule has 0 atom stereocenters. The molecule has 0 unspecified atom stereocenters. The quantitative estimate of drug-likeness (QED) is 0.618. The first kappa shape index (κ1) is 13.2. The Labute approximate surface area is 85.4 Å². The molecule has 0 spiro atoms. The lowest BCUT2D eigenvalue weighted by Crippen LogP contribution is -2.52. The summed E-state index contributed by atoms with van der Waals surface area (Å²) in [5.41, 5.74) is 0. The second kappa shape index (κ2) is 6.60. The van der Waals surface area contributed by atoms with Gasteiger partial charge in [-0.3, -0.25) is 0 Å². The van der Waals surface area contributed by atoms with Crippen LogP contribution in [0.15, 0.2) is 0 Å². The molecule has 0 aromatic rings. The van der Waals surface area contributed by atoms with Gasteiger partial charge in [-0.2, -0.15) is 0 Å². The number of hydrogen-bond acceptors (Lipinski definition) is 1. The van der Waals surface area contributed by atoms with Crippen LogP contribution in [0.4, 0.5) is 0 Å². The Hall–Kier alpha value is 0.177. The van der Waals surface area contributed by atoms with Crippen LogP contribution in [0.5, 0.6) is 0 Å². The second-order valence-corrected chi connectivity index (χ2v) is 9.15. The summed E-state index contributed by atoms with van der Waals surface area (Å²) in [5.74, 6) is 0. The van der Waals surface area contributed by atoms with Crippen molar-refractivity contribution in [3.05, 3.63) is 0 Å². The van der Waals surface area contributed by atoms with Crippen molar-refractivity contribution >= 4 is 8.24 Å². The zero-order valence-electron chi connectivity index (χ0n) is 10.1. The minimum atomic E-state index is -1.08. The van der Waals surface area contributed by atoms with E-state index >= 15 is 0 Å². The van der Waals surface area contributed by atoms with Crippen molar-refractivity contribution in [2.24, 2.45) is 0 Å². The van der Waals surface area contributed by atoms with Crippen molar-refractivity contribution in [2.75, 3.05) is 0 Å². The fourth-order valence-electron chi connectivity index (χ4n) is 2.01. The van der Waals surface area contributed by atoms with Gasteiger partial charge >= 0.3 is 0 Å². The third-order valence-electron chi connectivity index (χ3n) is 2.96. The molecule has 0 fully saturated rings. The summed E-state index contributed by atoms with van der Waals surface area (Å²) < 4.78 is 0. The highest BCUT2D eigenvalue weighted by Gasteiger charge is 2.28. The lowest BCUT2D eigenvalue weighted by molar-refractivity contribution is 0.705. The first-order chi connectivity index (χ1) is 6.10. The lowest BCUT2D eigenvalue weighted by Gasteiger charge is -2.32. The van der Waals surface area contributed by atoms with Gasteiger partial charge in [-0.15, -0.1) is 0 Å². The molecule has 0 aliphatic rings. The highest BCUT2D eigenvalue weighted by Crippen LogP contribution is 2.20. The average Bonchev–Trinajstić information content (AvgIpc) is 2.12. The molecular weight excluding hydrogens is 174 g/mol. The Morgan fingerprint density at radius 2 is 1.62 bits per heavy atom. The van der Waals surface area contributed by atoms with Crippen molar-refractivity contribution in [3.63, 3.8) is 0 Å². The SMILES string of the molecule is CCCC[Si](CC)(CC)NC(C)C. The summed E-state index contributed by atoms with van der Waals surface area (Å²) in [6.07, 6.45) is 2.75. The first-order valence-electron chi connectivity index (χ1n) is 5.88. The Morgan fingerprint density at radius 1 is 1.08 bits per heavy atom. The molecule has 0 heterocycles. The van der Waals surface area contributed by atoms with Crippen molar-refractivity contribution in [2.45, 2.75) is 71.6 Å². The van der Waals surface area contributed by atoms with Crippen LogP contribution in [0, 0.1) is 0 Å². The summed E-state index contributed by atoms with van der Waals surface area (Å²) in [6, 6.07) is 4.92. The molecule has 13 heavy (non-hydrogen) atoms. The zero-order valence-corrected chi connectivity index (χ0v) is 11.1. The highest BCUT2D eigenvalue weighted by molar-refractivity contribution is 6.77. The largest absolute Gasteiger partial charge is 0.335 e. The molecule has 0 amide bonds. The van der Waals surface area contributed by atoms with E-state index in [9.17, 15) is 0 Å². The van der Waals surface area contributed by atoms with E-state index < -0.39 is 8.24 Å². The van der Waals surface area contributed by atoms with Gasteiger partial charge in [0.05, 0.1) is 0 Å². The molecule has 0 aliphatic carbocycles. The topological polar surface area (TPSA) is 12.0 Å². The van der Waals surface area contributed by atoms with Gasteiger partial charge in [-0.25, -0.2) is 0 Å². The normalized spacial score (nSPS) is 12.5. The highest BCUT2D eigenvalue weighted by atomic mass is 28.3. The van der Waals surface area contributed by atoms with Crippen molar-refractivity contribution in [1.82, 2.24) is 4.98 Å². The molecule has 0 bridgehead atoms. The number of unbranched alkanes of at least 4 members (excludes halogenated alkanes) is 1. The number of hydrogen-bond donors (Lipinski definition) is 1.